The third-order valence-electron chi connectivity index (χ3n) is 4.48. The van der Waals surface area contributed by atoms with Crippen molar-refractivity contribution >= 4 is 29.5 Å². The summed E-state index contributed by atoms with van der Waals surface area (Å²) in [7, 11) is 0. The molecule has 3 amide bonds. The zero-order valence-corrected chi connectivity index (χ0v) is 16.3. The number of nitrogens with zero attached hydrogens (tertiary/aromatic N) is 3. The van der Waals surface area contributed by atoms with Gasteiger partial charge < -0.3 is 21.1 Å². The Kier molecular flexibility index (Phi) is 6.30. The van der Waals surface area contributed by atoms with Gasteiger partial charge in [-0.05, 0) is 29.8 Å². The Labute approximate surface area is 172 Å². The lowest BCUT2D eigenvalue weighted by Crippen LogP contribution is -2.49. The normalized spacial score (nSPS) is 14.4. The molecule has 0 atom stereocenters. The number of amides is 3. The average molecular weight is 418 g/mol. The fourth-order valence-electron chi connectivity index (χ4n) is 3.01. The topological polar surface area (TPSA) is 132 Å². The SMILES string of the molecule is NC(=O)c1cc(Cl)cc(CN2CCN(C(=O)Oc3cncc(C(N)=O)c3)CC2)c1. The third-order valence-corrected chi connectivity index (χ3v) is 4.70. The van der Waals surface area contributed by atoms with E-state index in [2.05, 4.69) is 9.88 Å². The molecule has 1 fully saturated rings. The van der Waals surface area contributed by atoms with Crippen molar-refractivity contribution in [1.82, 2.24) is 14.8 Å². The first-order valence-corrected chi connectivity index (χ1v) is 9.23. The molecule has 0 aliphatic carbocycles. The highest BCUT2D eigenvalue weighted by molar-refractivity contribution is 6.31. The van der Waals surface area contributed by atoms with Crippen molar-refractivity contribution in [1.29, 1.82) is 0 Å². The van der Waals surface area contributed by atoms with Gasteiger partial charge in [0.25, 0.3) is 0 Å². The van der Waals surface area contributed by atoms with Gasteiger partial charge in [0, 0.05) is 49.5 Å². The molecule has 9 nitrogen and oxygen atoms in total. The van der Waals surface area contributed by atoms with Crippen molar-refractivity contribution in [2.45, 2.75) is 6.54 Å². The van der Waals surface area contributed by atoms with Crippen LogP contribution in [0.5, 0.6) is 5.75 Å². The van der Waals surface area contributed by atoms with Gasteiger partial charge in [-0.25, -0.2) is 4.79 Å². The molecule has 152 valence electrons. The van der Waals surface area contributed by atoms with E-state index in [4.69, 9.17) is 27.8 Å². The summed E-state index contributed by atoms with van der Waals surface area (Å²) in [6.45, 7) is 2.74. The molecule has 29 heavy (non-hydrogen) atoms. The summed E-state index contributed by atoms with van der Waals surface area (Å²) >= 11 is 6.05. The summed E-state index contributed by atoms with van der Waals surface area (Å²) in [5.74, 6) is -1.02. The molecule has 0 radical (unpaired) electrons. The molecular weight excluding hydrogens is 398 g/mol. The van der Waals surface area contributed by atoms with E-state index in [9.17, 15) is 14.4 Å². The van der Waals surface area contributed by atoms with Gasteiger partial charge in [0.05, 0.1) is 11.8 Å². The summed E-state index contributed by atoms with van der Waals surface area (Å²) in [4.78, 5) is 42.5. The van der Waals surface area contributed by atoms with E-state index >= 15 is 0 Å². The van der Waals surface area contributed by atoms with Gasteiger partial charge in [-0.2, -0.15) is 0 Å². The standard InChI is InChI=1S/C19H20ClN5O4/c20-15-6-12(5-13(7-15)17(21)26)11-24-1-3-25(4-2-24)19(28)29-16-8-14(18(22)27)9-23-10-16/h5-10H,1-4,11H2,(H2,21,26)(H2,22,27). The maximum Gasteiger partial charge on any atom is 0.415 e. The second-order valence-electron chi connectivity index (χ2n) is 6.62. The zero-order valence-electron chi connectivity index (χ0n) is 15.5. The van der Waals surface area contributed by atoms with Crippen LogP contribution < -0.4 is 16.2 Å². The quantitative estimate of drug-likeness (QED) is 0.752. The highest BCUT2D eigenvalue weighted by Crippen LogP contribution is 2.18. The molecule has 0 spiro atoms. The van der Waals surface area contributed by atoms with E-state index in [0.29, 0.717) is 43.3 Å². The molecule has 1 aromatic carbocycles. The van der Waals surface area contributed by atoms with Gasteiger partial charge >= 0.3 is 6.09 Å². The first-order valence-electron chi connectivity index (χ1n) is 8.85. The zero-order chi connectivity index (χ0) is 21.0. The highest BCUT2D eigenvalue weighted by Gasteiger charge is 2.23. The van der Waals surface area contributed by atoms with Crippen molar-refractivity contribution in [2.24, 2.45) is 11.5 Å². The fraction of sp³-hybridized carbons (Fsp3) is 0.263. The van der Waals surface area contributed by atoms with E-state index in [1.54, 1.807) is 17.0 Å². The molecular formula is C19H20ClN5O4. The molecule has 4 N–H and O–H groups in total. The van der Waals surface area contributed by atoms with E-state index in [0.717, 1.165) is 5.56 Å². The Morgan fingerprint density at radius 2 is 1.66 bits per heavy atom. The van der Waals surface area contributed by atoms with Crippen molar-refractivity contribution in [3.8, 4) is 5.75 Å². The van der Waals surface area contributed by atoms with Crippen LogP contribution in [0.1, 0.15) is 26.3 Å². The molecule has 2 aromatic rings. The van der Waals surface area contributed by atoms with Gasteiger partial charge in [0.1, 0.15) is 0 Å². The number of aromatic nitrogens is 1. The van der Waals surface area contributed by atoms with Crippen LogP contribution in [0.3, 0.4) is 0 Å². The Bertz CT molecular complexity index is 944. The van der Waals surface area contributed by atoms with Crippen LogP contribution in [0, 0.1) is 0 Å². The smallest absolute Gasteiger partial charge is 0.409 e. The molecule has 0 unspecified atom stereocenters. The average Bonchev–Trinajstić information content (AvgIpc) is 2.68. The summed E-state index contributed by atoms with van der Waals surface area (Å²) in [6.07, 6.45) is 2.13. The van der Waals surface area contributed by atoms with Crippen LogP contribution in [0.2, 0.25) is 5.02 Å². The number of primary amides is 2. The monoisotopic (exact) mass is 417 g/mol. The number of pyridine rings is 1. The van der Waals surface area contributed by atoms with Crippen molar-refractivity contribution in [3.05, 3.63) is 58.4 Å². The Morgan fingerprint density at radius 3 is 2.31 bits per heavy atom. The van der Waals surface area contributed by atoms with Crippen LogP contribution in [-0.2, 0) is 6.54 Å². The lowest BCUT2D eigenvalue weighted by molar-refractivity contribution is 0.0991. The van der Waals surface area contributed by atoms with Gasteiger partial charge in [-0.3, -0.25) is 19.5 Å². The number of ether oxygens (including phenoxy) is 1. The molecule has 1 aliphatic rings. The van der Waals surface area contributed by atoms with E-state index in [1.807, 2.05) is 0 Å². The van der Waals surface area contributed by atoms with E-state index < -0.39 is 17.9 Å². The number of carbonyl (C=O) groups is 3. The van der Waals surface area contributed by atoms with Gasteiger partial charge in [-0.15, -0.1) is 0 Å². The molecule has 1 aliphatic heterocycles. The predicted octanol–water partition coefficient (Wildman–Crippen LogP) is 1.25. The number of carbonyl (C=O) groups excluding carboxylic acids is 3. The lowest BCUT2D eigenvalue weighted by atomic mass is 10.1. The van der Waals surface area contributed by atoms with E-state index in [-0.39, 0.29) is 11.3 Å². The minimum Gasteiger partial charge on any atom is -0.409 e. The summed E-state index contributed by atoms with van der Waals surface area (Å²) in [5.41, 5.74) is 11.9. The van der Waals surface area contributed by atoms with Crippen LogP contribution in [0.25, 0.3) is 0 Å². The molecule has 10 heteroatoms. The van der Waals surface area contributed by atoms with E-state index in [1.165, 1.54) is 24.5 Å². The van der Waals surface area contributed by atoms with Crippen molar-refractivity contribution in [3.63, 3.8) is 0 Å². The second kappa shape index (κ2) is 8.89. The number of hydrogen-bond acceptors (Lipinski definition) is 6. The summed E-state index contributed by atoms with van der Waals surface area (Å²) in [5, 5.41) is 0.449. The van der Waals surface area contributed by atoms with Crippen molar-refractivity contribution in [2.75, 3.05) is 26.2 Å². The molecule has 3 rings (SSSR count). The number of benzene rings is 1. The Hall–Kier alpha value is -3.17. The second-order valence-corrected chi connectivity index (χ2v) is 7.05. The first kappa shape index (κ1) is 20.6. The Morgan fingerprint density at radius 1 is 0.966 bits per heavy atom. The molecule has 0 saturated carbocycles. The molecule has 2 heterocycles. The number of hydrogen-bond donors (Lipinski definition) is 2. The van der Waals surface area contributed by atoms with Crippen LogP contribution in [0.15, 0.2) is 36.7 Å². The van der Waals surface area contributed by atoms with Gasteiger partial charge in [-0.1, -0.05) is 11.6 Å². The highest BCUT2D eigenvalue weighted by atomic mass is 35.5. The number of piperazine rings is 1. The minimum atomic E-state index is -0.649. The predicted molar refractivity (Wildman–Crippen MR) is 106 cm³/mol. The summed E-state index contributed by atoms with van der Waals surface area (Å²) in [6, 6.07) is 6.41. The molecule has 1 saturated heterocycles. The lowest BCUT2D eigenvalue weighted by Gasteiger charge is -2.34. The molecule has 0 bridgehead atoms. The molecule has 1 aromatic heterocycles. The van der Waals surface area contributed by atoms with Gasteiger partial charge in [0.2, 0.25) is 11.8 Å². The Balaban J connectivity index is 1.55. The van der Waals surface area contributed by atoms with Gasteiger partial charge in [0.15, 0.2) is 5.75 Å². The number of rotatable bonds is 5. The van der Waals surface area contributed by atoms with Crippen molar-refractivity contribution < 1.29 is 19.1 Å². The van der Waals surface area contributed by atoms with Crippen LogP contribution in [0.4, 0.5) is 4.79 Å². The first-order chi connectivity index (χ1) is 13.8. The van der Waals surface area contributed by atoms with Crippen LogP contribution >= 0.6 is 11.6 Å². The number of halogens is 1. The maximum atomic E-state index is 12.4. The summed E-state index contributed by atoms with van der Waals surface area (Å²) < 4.78 is 5.29. The number of nitrogens with two attached hydrogens (primary N) is 2. The largest absolute Gasteiger partial charge is 0.415 e. The fourth-order valence-corrected chi connectivity index (χ4v) is 3.26. The maximum absolute atomic E-state index is 12.4. The third kappa shape index (κ3) is 5.43. The van der Waals surface area contributed by atoms with Crippen LogP contribution in [-0.4, -0.2) is 58.9 Å². The minimum absolute atomic E-state index is 0.159.